The fourth-order valence-corrected chi connectivity index (χ4v) is 4.10. The van der Waals surface area contributed by atoms with Gasteiger partial charge in [-0.15, -0.1) is 23.5 Å². The van der Waals surface area contributed by atoms with E-state index in [1.165, 1.54) is 35.7 Å². The predicted octanol–water partition coefficient (Wildman–Crippen LogP) is 4.66. The highest BCUT2D eigenvalue weighted by atomic mass is 32.2. The molecule has 0 saturated heterocycles. The van der Waals surface area contributed by atoms with E-state index in [4.69, 9.17) is 0 Å². The summed E-state index contributed by atoms with van der Waals surface area (Å²) >= 11 is 2.72. The van der Waals surface area contributed by atoms with Crippen molar-refractivity contribution in [2.24, 2.45) is 0 Å². The lowest BCUT2D eigenvalue weighted by Crippen LogP contribution is -2.25. The standard InChI is InChI=1S/C16H15F3O2S2/c1-22-15(23-2)14-12(20)7-10(8-13(14)21)9-3-5-11(6-4-9)16(17,18)19/h3-6,10H,7-8H2,1-2H3. The van der Waals surface area contributed by atoms with Crippen LogP contribution < -0.4 is 0 Å². The molecule has 0 amide bonds. The number of ketones is 2. The number of rotatable bonds is 3. The summed E-state index contributed by atoms with van der Waals surface area (Å²) in [4.78, 5) is 24.6. The Kier molecular flexibility index (Phi) is 5.62. The Labute approximate surface area is 140 Å². The maximum atomic E-state index is 12.6. The molecule has 0 radical (unpaired) electrons. The summed E-state index contributed by atoms with van der Waals surface area (Å²) in [5.41, 5.74) is 0.101. The van der Waals surface area contributed by atoms with Crippen LogP contribution in [0.1, 0.15) is 29.9 Å². The van der Waals surface area contributed by atoms with E-state index in [-0.39, 0.29) is 35.9 Å². The Balaban J connectivity index is 2.24. The Morgan fingerprint density at radius 3 is 1.87 bits per heavy atom. The van der Waals surface area contributed by atoms with Crippen molar-refractivity contribution in [3.8, 4) is 0 Å². The number of hydrogen-bond acceptors (Lipinski definition) is 4. The van der Waals surface area contributed by atoms with Crippen molar-refractivity contribution < 1.29 is 22.8 Å². The molecule has 1 aliphatic carbocycles. The summed E-state index contributed by atoms with van der Waals surface area (Å²) < 4.78 is 38.5. The van der Waals surface area contributed by atoms with Crippen molar-refractivity contribution >= 4 is 35.1 Å². The Morgan fingerprint density at radius 1 is 1.00 bits per heavy atom. The predicted molar refractivity (Wildman–Crippen MR) is 87.5 cm³/mol. The number of halogens is 3. The lowest BCUT2D eigenvalue weighted by atomic mass is 9.80. The van der Waals surface area contributed by atoms with Gasteiger partial charge in [-0.25, -0.2) is 0 Å². The summed E-state index contributed by atoms with van der Waals surface area (Å²) in [6.07, 6.45) is -0.477. The minimum atomic E-state index is -4.39. The van der Waals surface area contributed by atoms with Crippen LogP contribution in [0, 0.1) is 0 Å². The second-order valence-electron chi connectivity index (χ2n) is 5.14. The average molecular weight is 360 g/mol. The summed E-state index contributed by atoms with van der Waals surface area (Å²) in [7, 11) is 0. The topological polar surface area (TPSA) is 34.1 Å². The van der Waals surface area contributed by atoms with Crippen molar-refractivity contribution in [3.05, 3.63) is 45.2 Å². The van der Waals surface area contributed by atoms with Crippen LogP contribution in [0.4, 0.5) is 13.2 Å². The molecule has 7 heteroatoms. The first-order valence-corrected chi connectivity index (χ1v) is 9.28. The first-order chi connectivity index (χ1) is 10.8. The van der Waals surface area contributed by atoms with Gasteiger partial charge in [-0.05, 0) is 36.1 Å². The van der Waals surface area contributed by atoms with E-state index in [2.05, 4.69) is 0 Å². The van der Waals surface area contributed by atoms with Gasteiger partial charge < -0.3 is 0 Å². The summed E-state index contributed by atoms with van der Waals surface area (Å²) in [6.45, 7) is 0. The third kappa shape index (κ3) is 4.01. The van der Waals surface area contributed by atoms with Crippen molar-refractivity contribution in [1.29, 1.82) is 0 Å². The molecule has 0 N–H and O–H groups in total. The molecule has 0 heterocycles. The fourth-order valence-electron chi connectivity index (χ4n) is 2.57. The lowest BCUT2D eigenvalue weighted by Gasteiger charge is -2.24. The highest BCUT2D eigenvalue weighted by Crippen LogP contribution is 2.38. The monoisotopic (exact) mass is 360 g/mol. The van der Waals surface area contributed by atoms with Crippen LogP contribution in [-0.2, 0) is 15.8 Å². The largest absolute Gasteiger partial charge is 0.416 e. The summed E-state index contributed by atoms with van der Waals surface area (Å²) in [6, 6.07) is 4.69. The van der Waals surface area contributed by atoms with Gasteiger partial charge in [0.05, 0.1) is 15.4 Å². The number of carbonyl (C=O) groups is 2. The molecule has 0 aliphatic heterocycles. The third-order valence-electron chi connectivity index (χ3n) is 3.71. The SMILES string of the molecule is CSC(SC)=C1C(=O)CC(c2ccc(C(F)(F)F)cc2)CC1=O. The molecular weight excluding hydrogens is 345 g/mol. The highest BCUT2D eigenvalue weighted by Gasteiger charge is 2.34. The Bertz CT molecular complexity index is 622. The summed E-state index contributed by atoms with van der Waals surface area (Å²) in [5.74, 6) is -0.819. The van der Waals surface area contributed by atoms with Crippen molar-refractivity contribution in [1.82, 2.24) is 0 Å². The third-order valence-corrected chi connectivity index (χ3v) is 5.86. The van der Waals surface area contributed by atoms with Gasteiger partial charge in [0.1, 0.15) is 0 Å². The molecule has 0 atom stereocenters. The summed E-state index contributed by atoms with van der Waals surface area (Å²) in [5, 5.41) is 0. The number of alkyl halides is 3. The zero-order valence-corrected chi connectivity index (χ0v) is 14.2. The van der Waals surface area contributed by atoms with Crippen molar-refractivity contribution in [3.63, 3.8) is 0 Å². The quantitative estimate of drug-likeness (QED) is 0.580. The first-order valence-electron chi connectivity index (χ1n) is 6.83. The van der Waals surface area contributed by atoms with E-state index < -0.39 is 11.7 Å². The molecule has 0 spiro atoms. The van der Waals surface area contributed by atoms with Gasteiger partial charge in [-0.1, -0.05) is 12.1 Å². The van der Waals surface area contributed by atoms with E-state index in [0.29, 0.717) is 9.80 Å². The van der Waals surface area contributed by atoms with Crippen LogP contribution in [0.5, 0.6) is 0 Å². The van der Waals surface area contributed by atoms with Crippen LogP contribution >= 0.6 is 23.5 Å². The molecule has 1 saturated carbocycles. The maximum absolute atomic E-state index is 12.6. The number of carbonyl (C=O) groups excluding carboxylic acids is 2. The second-order valence-corrected chi connectivity index (χ2v) is 7.03. The van der Waals surface area contributed by atoms with Crippen molar-refractivity contribution in [2.75, 3.05) is 12.5 Å². The van der Waals surface area contributed by atoms with Gasteiger partial charge in [0.2, 0.25) is 0 Å². The van der Waals surface area contributed by atoms with Crippen LogP contribution in [0.25, 0.3) is 0 Å². The zero-order chi connectivity index (χ0) is 17.2. The lowest BCUT2D eigenvalue weighted by molar-refractivity contribution is -0.137. The number of thioether (sulfide) groups is 2. The van der Waals surface area contributed by atoms with Crippen LogP contribution in [0.3, 0.4) is 0 Å². The van der Waals surface area contributed by atoms with Gasteiger partial charge in [-0.3, -0.25) is 9.59 Å². The smallest absolute Gasteiger partial charge is 0.294 e. The van der Waals surface area contributed by atoms with Gasteiger partial charge in [0.25, 0.3) is 0 Å². The minimum absolute atomic E-state index is 0.150. The van der Waals surface area contributed by atoms with E-state index in [0.717, 1.165) is 12.1 Å². The molecule has 124 valence electrons. The van der Waals surface area contributed by atoms with E-state index in [1.807, 2.05) is 0 Å². The molecule has 0 aromatic heterocycles. The van der Waals surface area contributed by atoms with Crippen LogP contribution in [0.15, 0.2) is 34.1 Å². The normalized spacial score (nSPS) is 19.2. The number of allylic oxidation sites excluding steroid dienone is 1. The van der Waals surface area contributed by atoms with E-state index >= 15 is 0 Å². The van der Waals surface area contributed by atoms with Crippen LogP contribution in [-0.4, -0.2) is 24.1 Å². The Morgan fingerprint density at radius 2 is 1.48 bits per heavy atom. The minimum Gasteiger partial charge on any atom is -0.294 e. The van der Waals surface area contributed by atoms with Gasteiger partial charge in [0, 0.05) is 12.8 Å². The molecule has 1 fully saturated rings. The molecular formula is C16H15F3O2S2. The molecule has 23 heavy (non-hydrogen) atoms. The molecule has 2 nitrogen and oxygen atoms in total. The molecule has 1 aromatic rings. The molecule has 0 unspecified atom stereocenters. The zero-order valence-electron chi connectivity index (χ0n) is 12.6. The molecule has 2 rings (SSSR count). The maximum Gasteiger partial charge on any atom is 0.416 e. The number of benzene rings is 1. The van der Waals surface area contributed by atoms with Gasteiger partial charge in [0.15, 0.2) is 11.6 Å². The Hall–Kier alpha value is -1.21. The molecule has 0 bridgehead atoms. The average Bonchev–Trinajstić information content (AvgIpc) is 2.50. The van der Waals surface area contributed by atoms with Crippen molar-refractivity contribution in [2.45, 2.75) is 24.9 Å². The first kappa shape index (κ1) is 18.1. The van der Waals surface area contributed by atoms with E-state index in [1.54, 1.807) is 12.5 Å². The second kappa shape index (κ2) is 7.13. The molecule has 1 aromatic carbocycles. The highest BCUT2D eigenvalue weighted by molar-refractivity contribution is 8.21. The van der Waals surface area contributed by atoms with Gasteiger partial charge in [-0.2, -0.15) is 13.2 Å². The van der Waals surface area contributed by atoms with Crippen LogP contribution in [0.2, 0.25) is 0 Å². The van der Waals surface area contributed by atoms with Gasteiger partial charge >= 0.3 is 6.18 Å². The fraction of sp³-hybridized carbons (Fsp3) is 0.375. The number of hydrogen-bond donors (Lipinski definition) is 0. The molecule has 1 aliphatic rings. The van der Waals surface area contributed by atoms with E-state index in [9.17, 15) is 22.8 Å². The number of Topliss-reactive ketones (excluding diaryl/α,β-unsaturated/α-hetero) is 2.